The van der Waals surface area contributed by atoms with Crippen LogP contribution in [0.1, 0.15) is 43.9 Å². The Balaban J connectivity index is 1.73. The summed E-state index contributed by atoms with van der Waals surface area (Å²) in [5.74, 6) is -0.122. The van der Waals surface area contributed by atoms with Crippen LogP contribution in [0.15, 0.2) is 6.20 Å². The van der Waals surface area contributed by atoms with Crippen LogP contribution in [0, 0.1) is 11.8 Å². The first-order valence-corrected chi connectivity index (χ1v) is 7.55. The molecule has 0 unspecified atom stereocenters. The highest BCUT2D eigenvalue weighted by Gasteiger charge is 2.25. The molecule has 20 heavy (non-hydrogen) atoms. The third-order valence-corrected chi connectivity index (χ3v) is 4.27. The van der Waals surface area contributed by atoms with Crippen molar-refractivity contribution in [2.45, 2.75) is 45.6 Å². The molecule has 1 aliphatic carbocycles. The minimum atomic E-state index is -0.626. The van der Waals surface area contributed by atoms with Crippen LogP contribution in [0.4, 0.5) is 0 Å². The molecular formula is C15H25N3O2. The number of rotatable bonds is 6. The molecule has 1 heterocycles. The minimum absolute atomic E-state index is 0.115. The Bertz CT molecular complexity index is 448. The van der Waals surface area contributed by atoms with E-state index >= 15 is 0 Å². The highest BCUT2D eigenvalue weighted by atomic mass is 16.4. The molecular weight excluding hydrogens is 254 g/mol. The van der Waals surface area contributed by atoms with Gasteiger partial charge in [-0.3, -0.25) is 9.48 Å². The molecule has 112 valence electrons. The molecule has 0 aliphatic heterocycles. The second kappa shape index (κ2) is 6.88. The molecule has 0 aromatic carbocycles. The number of carboxylic acids is 1. The van der Waals surface area contributed by atoms with Crippen molar-refractivity contribution in [3.63, 3.8) is 0 Å². The third-order valence-electron chi connectivity index (χ3n) is 4.27. The van der Waals surface area contributed by atoms with Crippen LogP contribution in [0.25, 0.3) is 0 Å². The molecule has 0 bridgehead atoms. The first kappa shape index (κ1) is 15.0. The first-order valence-electron chi connectivity index (χ1n) is 7.55. The van der Waals surface area contributed by atoms with Crippen LogP contribution >= 0.6 is 0 Å². The fourth-order valence-electron chi connectivity index (χ4n) is 3.05. The summed E-state index contributed by atoms with van der Waals surface area (Å²) >= 11 is 0. The fraction of sp³-hybridized carbons (Fsp3) is 0.733. The van der Waals surface area contributed by atoms with E-state index in [2.05, 4.69) is 23.5 Å². The summed E-state index contributed by atoms with van der Waals surface area (Å²) < 4.78 is 1.87. The summed E-state index contributed by atoms with van der Waals surface area (Å²) in [6.07, 6.45) is 6.74. The van der Waals surface area contributed by atoms with Crippen molar-refractivity contribution in [2.24, 2.45) is 18.9 Å². The molecule has 1 fully saturated rings. The van der Waals surface area contributed by atoms with Gasteiger partial charge in [0.2, 0.25) is 0 Å². The number of aryl methyl sites for hydroxylation is 2. The molecule has 0 amide bonds. The summed E-state index contributed by atoms with van der Waals surface area (Å²) in [7, 11) is 1.95. The topological polar surface area (TPSA) is 67.2 Å². The lowest BCUT2D eigenvalue weighted by atomic mass is 9.82. The Labute approximate surface area is 120 Å². The van der Waals surface area contributed by atoms with Gasteiger partial charge in [-0.05, 0) is 44.6 Å². The molecule has 0 spiro atoms. The molecule has 1 aliphatic rings. The molecule has 1 aromatic heterocycles. The van der Waals surface area contributed by atoms with Crippen molar-refractivity contribution < 1.29 is 9.90 Å². The Morgan fingerprint density at radius 1 is 1.45 bits per heavy atom. The van der Waals surface area contributed by atoms with E-state index in [1.165, 1.54) is 5.56 Å². The molecule has 5 nitrogen and oxygen atoms in total. The quantitative estimate of drug-likeness (QED) is 0.835. The van der Waals surface area contributed by atoms with Crippen LogP contribution in [0.2, 0.25) is 0 Å². The van der Waals surface area contributed by atoms with E-state index in [4.69, 9.17) is 5.11 Å². The maximum Gasteiger partial charge on any atom is 0.306 e. The average Bonchev–Trinajstić information content (AvgIpc) is 2.79. The predicted octanol–water partition coefficient (Wildman–Crippen LogP) is 1.96. The number of carboxylic acid groups (broad SMARTS) is 1. The van der Waals surface area contributed by atoms with Crippen molar-refractivity contribution in [1.82, 2.24) is 15.1 Å². The van der Waals surface area contributed by atoms with Gasteiger partial charge < -0.3 is 10.4 Å². The standard InChI is InChI=1S/C15H25N3O2/c1-3-14-13(10-18(2)17-14)9-16-8-11-4-6-12(7-5-11)15(19)20/h10-12,16H,3-9H2,1-2H3,(H,19,20). The second-order valence-electron chi connectivity index (χ2n) is 5.82. The van der Waals surface area contributed by atoms with Gasteiger partial charge in [0.1, 0.15) is 0 Å². The zero-order valence-corrected chi connectivity index (χ0v) is 12.4. The summed E-state index contributed by atoms with van der Waals surface area (Å²) in [5.41, 5.74) is 2.43. The Morgan fingerprint density at radius 3 is 2.75 bits per heavy atom. The van der Waals surface area contributed by atoms with Crippen molar-refractivity contribution in [2.75, 3.05) is 6.54 Å². The zero-order valence-electron chi connectivity index (χ0n) is 12.4. The molecule has 2 rings (SSSR count). The van der Waals surface area contributed by atoms with Crippen molar-refractivity contribution >= 4 is 5.97 Å². The van der Waals surface area contributed by atoms with E-state index in [-0.39, 0.29) is 5.92 Å². The first-order chi connectivity index (χ1) is 9.60. The van der Waals surface area contributed by atoms with Gasteiger partial charge in [0.05, 0.1) is 11.6 Å². The van der Waals surface area contributed by atoms with Crippen molar-refractivity contribution in [3.8, 4) is 0 Å². The summed E-state index contributed by atoms with van der Waals surface area (Å²) in [5, 5.41) is 16.9. The average molecular weight is 279 g/mol. The summed E-state index contributed by atoms with van der Waals surface area (Å²) in [4.78, 5) is 10.9. The van der Waals surface area contributed by atoms with Crippen molar-refractivity contribution in [1.29, 1.82) is 0 Å². The molecule has 0 radical (unpaired) electrons. The van der Waals surface area contributed by atoms with Gasteiger partial charge in [0.15, 0.2) is 0 Å². The van der Waals surface area contributed by atoms with Gasteiger partial charge >= 0.3 is 5.97 Å². The third kappa shape index (κ3) is 3.82. The van der Waals surface area contributed by atoms with Crippen molar-refractivity contribution in [3.05, 3.63) is 17.5 Å². The molecule has 0 saturated heterocycles. The van der Waals surface area contributed by atoms with Crippen LogP contribution in [-0.2, 0) is 24.8 Å². The van der Waals surface area contributed by atoms with E-state index in [0.717, 1.165) is 50.9 Å². The highest BCUT2D eigenvalue weighted by Crippen LogP contribution is 2.28. The number of aromatic nitrogens is 2. The number of hydrogen-bond donors (Lipinski definition) is 2. The Morgan fingerprint density at radius 2 is 2.15 bits per heavy atom. The Hall–Kier alpha value is -1.36. The van der Waals surface area contributed by atoms with E-state index < -0.39 is 5.97 Å². The normalized spacial score (nSPS) is 22.9. The van der Waals surface area contributed by atoms with E-state index in [0.29, 0.717) is 5.92 Å². The lowest BCUT2D eigenvalue weighted by Crippen LogP contribution is -2.28. The Kier molecular flexibility index (Phi) is 5.17. The molecule has 5 heteroatoms. The number of aliphatic carboxylic acids is 1. The molecule has 1 saturated carbocycles. The van der Waals surface area contributed by atoms with E-state index in [9.17, 15) is 4.79 Å². The van der Waals surface area contributed by atoms with Crippen LogP contribution in [0.5, 0.6) is 0 Å². The fourth-order valence-corrected chi connectivity index (χ4v) is 3.05. The zero-order chi connectivity index (χ0) is 14.5. The SMILES string of the molecule is CCc1nn(C)cc1CNCC1CCC(C(=O)O)CC1. The number of carbonyl (C=O) groups is 1. The van der Waals surface area contributed by atoms with Crippen LogP contribution in [-0.4, -0.2) is 27.4 Å². The number of hydrogen-bond acceptors (Lipinski definition) is 3. The lowest BCUT2D eigenvalue weighted by Gasteiger charge is -2.26. The van der Waals surface area contributed by atoms with Crippen LogP contribution in [0.3, 0.4) is 0 Å². The number of nitrogens with one attached hydrogen (secondary N) is 1. The van der Waals surface area contributed by atoms with Gasteiger partial charge in [-0.1, -0.05) is 6.92 Å². The van der Waals surface area contributed by atoms with Crippen LogP contribution < -0.4 is 5.32 Å². The highest BCUT2D eigenvalue weighted by molar-refractivity contribution is 5.69. The molecule has 1 aromatic rings. The molecule has 0 atom stereocenters. The van der Waals surface area contributed by atoms with Gasteiger partial charge in [-0.15, -0.1) is 0 Å². The maximum atomic E-state index is 10.9. The molecule has 2 N–H and O–H groups in total. The van der Waals surface area contributed by atoms with Gasteiger partial charge in [-0.2, -0.15) is 5.10 Å². The largest absolute Gasteiger partial charge is 0.481 e. The second-order valence-corrected chi connectivity index (χ2v) is 5.82. The summed E-state index contributed by atoms with van der Waals surface area (Å²) in [6, 6.07) is 0. The minimum Gasteiger partial charge on any atom is -0.481 e. The summed E-state index contributed by atoms with van der Waals surface area (Å²) in [6.45, 7) is 3.96. The van der Waals surface area contributed by atoms with Gasteiger partial charge in [0.25, 0.3) is 0 Å². The lowest BCUT2D eigenvalue weighted by molar-refractivity contribution is -0.143. The maximum absolute atomic E-state index is 10.9. The smallest absolute Gasteiger partial charge is 0.306 e. The van der Waals surface area contributed by atoms with Gasteiger partial charge in [0, 0.05) is 25.4 Å². The monoisotopic (exact) mass is 279 g/mol. The van der Waals surface area contributed by atoms with E-state index in [1.54, 1.807) is 0 Å². The predicted molar refractivity (Wildman–Crippen MR) is 77.4 cm³/mol. The van der Waals surface area contributed by atoms with Gasteiger partial charge in [-0.25, -0.2) is 0 Å². The number of nitrogens with zero attached hydrogens (tertiary/aromatic N) is 2. The van der Waals surface area contributed by atoms with E-state index in [1.807, 2.05) is 11.7 Å².